The van der Waals surface area contributed by atoms with E-state index in [1.54, 1.807) is 31.4 Å². The van der Waals surface area contributed by atoms with E-state index < -0.39 is 106 Å². The molecule has 2 fully saturated rings. The van der Waals surface area contributed by atoms with Gasteiger partial charge in [0.05, 0.1) is 13.0 Å². The molecule has 24 rings (SSSR count). The largest absolute Gasteiger partial charge is 0.744 e. The fourth-order valence-electron chi connectivity index (χ4n) is 24.1. The van der Waals surface area contributed by atoms with E-state index in [0.29, 0.717) is 78.0 Å². The second-order valence-corrected chi connectivity index (χ2v) is 42.8. The van der Waals surface area contributed by atoms with Crippen molar-refractivity contribution in [3.05, 3.63) is 328 Å². The van der Waals surface area contributed by atoms with Gasteiger partial charge in [0.2, 0.25) is 29.1 Å². The smallest absolute Gasteiger partial charge is 0.370 e. The van der Waals surface area contributed by atoms with Crippen molar-refractivity contribution in [1.29, 1.82) is 0 Å². The predicted molar refractivity (Wildman–Crippen MR) is 537 cm³/mol. The third kappa shape index (κ3) is 16.9. The van der Waals surface area contributed by atoms with Crippen molar-refractivity contribution in [2.45, 2.75) is 178 Å². The van der Waals surface area contributed by atoms with Crippen LogP contribution in [0.15, 0.2) is 300 Å². The molecule has 35 heteroatoms. The molecule has 6 aromatic rings. The molecule has 7 atom stereocenters. The van der Waals surface area contributed by atoms with Crippen molar-refractivity contribution in [3.8, 4) is 12.3 Å². The lowest BCUT2D eigenvalue weighted by molar-refractivity contribution is -0.199. The Hall–Kier alpha value is -15.9. The van der Waals surface area contributed by atoms with Crippen LogP contribution in [-0.4, -0.2) is 177 Å². The topological polar surface area (TPSA) is 427 Å². The van der Waals surface area contributed by atoms with Crippen LogP contribution < -0.4 is 30.2 Å². The predicted octanol–water partition coefficient (Wildman–Crippen LogP) is 12.9. The highest BCUT2D eigenvalue weighted by molar-refractivity contribution is 7.93. The van der Waals surface area contributed by atoms with Crippen molar-refractivity contribution >= 4 is 135 Å². The highest BCUT2D eigenvalue weighted by Gasteiger charge is 2.57. The van der Waals surface area contributed by atoms with Crippen LogP contribution >= 0.6 is 0 Å². The van der Waals surface area contributed by atoms with Crippen LogP contribution in [-0.2, 0) is 133 Å². The zero-order valence-corrected chi connectivity index (χ0v) is 83.3. The number of hydrogen-bond acceptors (Lipinski definition) is 29. The van der Waals surface area contributed by atoms with Crippen LogP contribution in [0, 0.1) is 19.3 Å². The molecule has 0 bridgehead atoms. The number of benzene rings is 6. The number of aryl methyl sites for hydroxylation is 1. The van der Waals surface area contributed by atoms with Gasteiger partial charge in [0.15, 0.2) is 23.9 Å². The number of fused-ring (bicyclic) bond motifs is 24. The zero-order valence-electron chi connectivity index (χ0n) is 81.7. The number of carbonyl (C=O) groups is 12. The van der Waals surface area contributed by atoms with Gasteiger partial charge >= 0.3 is 11.9 Å². The van der Waals surface area contributed by atoms with E-state index in [9.17, 15) is 83.5 Å². The van der Waals surface area contributed by atoms with Gasteiger partial charge in [-0.25, -0.2) is 26.4 Å². The Morgan fingerprint density at radius 1 is 0.480 bits per heavy atom. The van der Waals surface area contributed by atoms with Gasteiger partial charge in [-0.1, -0.05) is 116 Å². The van der Waals surface area contributed by atoms with Crippen molar-refractivity contribution in [1.82, 2.24) is 20.8 Å². The quantitative estimate of drug-likeness (QED) is 0.0486. The lowest BCUT2D eigenvalue weighted by Crippen LogP contribution is -2.42. The second-order valence-electron chi connectivity index (χ2n) is 40.1. The summed E-state index contributed by atoms with van der Waals surface area (Å²) < 4.78 is 103. The van der Waals surface area contributed by atoms with Crippen LogP contribution in [0.4, 0.5) is 22.7 Å². The normalized spacial score (nSPS) is 24.4. The van der Waals surface area contributed by atoms with Gasteiger partial charge in [-0.05, 0) is 182 Å². The Kier molecular flexibility index (Phi) is 24.7. The molecule has 0 radical (unpaired) electrons. The van der Waals surface area contributed by atoms with E-state index in [1.165, 1.54) is 63.8 Å². The number of allylic oxidation sites excluding steroid dienone is 15. The Bertz CT molecular complexity index is 7900. The van der Waals surface area contributed by atoms with Crippen molar-refractivity contribution < 1.29 is 117 Å². The summed E-state index contributed by atoms with van der Waals surface area (Å²) in [6, 6.07) is 39.4. The van der Waals surface area contributed by atoms with Gasteiger partial charge < -0.3 is 72.7 Å². The third-order valence-corrected chi connectivity index (χ3v) is 32.2. The summed E-state index contributed by atoms with van der Waals surface area (Å²) >= 11 is 0. The number of nitrogens with one attached hydrogen (secondary N) is 2. The summed E-state index contributed by atoms with van der Waals surface area (Å²) in [6.07, 6.45) is 30.5. The first-order chi connectivity index (χ1) is 70.7. The van der Waals surface area contributed by atoms with Gasteiger partial charge in [0.25, 0.3) is 23.6 Å². The van der Waals surface area contributed by atoms with Crippen LogP contribution in [0.5, 0.6) is 0 Å². The van der Waals surface area contributed by atoms with E-state index in [0.717, 1.165) is 122 Å². The Labute approximate surface area is 851 Å². The molecule has 33 nitrogen and oxygen atoms in total. The lowest BCUT2D eigenvalue weighted by Gasteiger charge is -2.42. The maximum absolute atomic E-state index is 13.4. The molecule has 14 heterocycles. The minimum Gasteiger partial charge on any atom is -0.744 e. The maximum atomic E-state index is 13.4. The fourth-order valence-corrected chi connectivity index (χ4v) is 25.5. The molecule has 18 aliphatic rings. The second kappa shape index (κ2) is 37.2. The summed E-state index contributed by atoms with van der Waals surface area (Å²) in [4.78, 5) is 164. The molecule has 6 amide bonds. The zero-order chi connectivity index (χ0) is 104. The molecule has 2 saturated heterocycles. The minimum atomic E-state index is -5.51. The van der Waals surface area contributed by atoms with Crippen LogP contribution in [0.1, 0.15) is 152 Å². The van der Waals surface area contributed by atoms with E-state index in [2.05, 4.69) is 136 Å². The average molecular weight is 2030 g/mol. The van der Waals surface area contributed by atoms with Gasteiger partial charge in [0, 0.05) is 221 Å². The van der Waals surface area contributed by atoms with E-state index in [1.807, 2.05) is 81.5 Å². The number of hydrogen-bond donors (Lipinski definition) is 2. The molecule has 4 aliphatic carbocycles. The number of amides is 6. The molecular weight excluding hydrogens is 1930 g/mol. The monoisotopic (exact) mass is 2030 g/mol. The molecule has 14 aliphatic heterocycles. The summed E-state index contributed by atoms with van der Waals surface area (Å²) in [5.74, 6) is -2.95. The lowest BCUT2D eigenvalue weighted by atomic mass is 9.73. The van der Waals surface area contributed by atoms with Gasteiger partial charge in [-0.2, -0.15) is 0 Å². The number of para-hydroxylation sites is 2. The Morgan fingerprint density at radius 3 is 1.55 bits per heavy atom. The Morgan fingerprint density at radius 2 is 0.966 bits per heavy atom. The first-order valence-electron chi connectivity index (χ1n) is 49.1. The number of anilines is 4. The first-order valence-corrected chi connectivity index (χ1v) is 51.9. The Balaban J connectivity index is 0.000000116. The maximum Gasteiger partial charge on any atom is 0.370 e. The molecular formula is C113H100N8O25S2-2. The first kappa shape index (κ1) is 98.1. The van der Waals surface area contributed by atoms with Crippen molar-refractivity contribution in [2.75, 3.05) is 66.0 Å². The van der Waals surface area contributed by atoms with Crippen LogP contribution in [0.3, 0.4) is 0 Å². The summed E-state index contributed by atoms with van der Waals surface area (Å²) in [7, 11) is -9.38. The number of rotatable bonds is 17. The highest BCUT2D eigenvalue weighted by Crippen LogP contribution is 2.62. The van der Waals surface area contributed by atoms with E-state index in [-0.39, 0.29) is 115 Å². The molecule has 0 aromatic heterocycles. The highest BCUT2D eigenvalue weighted by atomic mass is 32.2. The van der Waals surface area contributed by atoms with Crippen molar-refractivity contribution in [3.63, 3.8) is 0 Å². The number of ether oxygens (including phenoxy) is 5. The minimum absolute atomic E-state index is 0.00785. The fraction of sp³-hybridized carbons (Fsp3) is 0.310. The van der Waals surface area contributed by atoms with Gasteiger partial charge in [0.1, 0.15) is 71.7 Å². The van der Waals surface area contributed by atoms with Crippen LogP contribution in [0.25, 0.3) is 21.5 Å². The molecule has 0 spiro atoms. The number of Topliss-reactive ketones (excluding diaryl/α,β-unsaturated/α-hetero) is 1. The number of imide groups is 2. The number of ketones is 4. The summed E-state index contributed by atoms with van der Waals surface area (Å²) in [6.45, 7) is 15.1. The number of carbonyl (C=O) groups excluding carboxylic acids is 12. The molecule has 148 heavy (non-hydrogen) atoms. The van der Waals surface area contributed by atoms with Gasteiger partial charge in [-0.3, -0.25) is 47.9 Å². The SMILES string of the molecule is C#CCNC(=O)CCCC1(C)C2=C3C=C4C=CC(=O)C=C4OC3CCN2c2ccccc21.CC1(C)C2=C3C=C4C=CC(=O)C(OCC(=O)ON5C(=O)CCC5=O)=C4OC3CCN2c2ccccc21.CC1(CC(=O)ON2C(=O)CCC2=O)C2=C3C=C4C=CC(=O)C=C4OC3CCN2c2ccc3ccccc3c21.CNC(=O)CCC1(C)C2=C3C=C4C=C(S(=O)(=O)[O-])C(=O)C(S(=O)(=O)[O-])=C4OC3CCN2c2ccc3cc(C)ccc3c21. The van der Waals surface area contributed by atoms with E-state index in [4.69, 9.17) is 39.8 Å². The number of nitrogens with zero attached hydrogens (tertiary/aromatic N) is 6. The summed E-state index contributed by atoms with van der Waals surface area (Å²) in [5.41, 5.74) is 18.2. The average Bonchev–Trinajstić information content (AvgIpc) is 1.13. The van der Waals surface area contributed by atoms with Gasteiger partial charge in [-0.15, -0.1) is 16.5 Å². The van der Waals surface area contributed by atoms with E-state index >= 15 is 0 Å². The molecule has 0 saturated carbocycles. The number of terminal acetylenes is 1. The summed E-state index contributed by atoms with van der Waals surface area (Å²) in [5, 5.41) is 10.6. The van der Waals surface area contributed by atoms with Crippen molar-refractivity contribution in [2.24, 2.45) is 0 Å². The molecule has 2 N–H and O–H groups in total. The van der Waals surface area contributed by atoms with Crippen LogP contribution in [0.2, 0.25) is 0 Å². The number of hydroxylamine groups is 4. The standard InChI is InChI=1S/C30H24N2O6.C29H28N2O9S2.C27H24N2O7.C27H26N2O3/c1-30(16-27(36)38-32-25(34)10-11-26(32)35)28-20-5-3-2-4-17(20)7-9-22(28)31-13-12-23-21(29(30)31)14-18-6-8-19(33)15-24(18)37-23;1-15-4-6-18-16(12-15)5-7-20-24(18)29(2,10-8-23(32)30-3)28-19-13-17-14-22(41(34,35)36)25(33)27(42(37,38)39)26(17)40-21(19)9-11-31(20)28;1-27(2)17-5-3-4-6-18(17)28-12-11-20-16(26(27)28)13-15-7-8-19(30)25(24(15)35-20)34-14-23(33)36-29-21(31)9-10-22(29)32;1-3-14-28-25(31)9-6-13-27(2)21-7-4-5-8-22(21)29-15-12-23-20(26(27)29)16-18-10-11-19(30)17-24(18)32-23/h2-9,14-15,23H,10-13,16H2,1H3;4-7,12-14,21H,8-11H2,1-3H3,(H,30,32)(H,34,35,36)(H,37,38,39);3-8,13,20H,9-12,14H2,1-2H3;1,4-5,7-8,10-11,16-17,23H,6,9,12-15H2,2H3,(H,28,31)/p-2. The molecule has 756 valence electrons. The third-order valence-electron chi connectivity index (χ3n) is 30.5. The molecule has 6 aromatic carbocycles. The molecule has 7 unspecified atom stereocenters.